The van der Waals surface area contributed by atoms with Crippen LogP contribution in [0, 0.1) is 6.92 Å². The molecule has 0 unspecified atom stereocenters. The van der Waals surface area contributed by atoms with Crippen molar-refractivity contribution >= 4 is 5.65 Å². The number of hydrogen-bond acceptors (Lipinski definition) is 3. The van der Waals surface area contributed by atoms with Crippen LogP contribution in [0.25, 0.3) is 16.9 Å². The highest BCUT2D eigenvalue weighted by molar-refractivity contribution is 5.68. The average Bonchev–Trinajstić information content (AvgIpc) is 2.88. The summed E-state index contributed by atoms with van der Waals surface area (Å²) in [5, 5.41) is 0. The van der Waals surface area contributed by atoms with Gasteiger partial charge in [-0.3, -0.25) is 4.40 Å². The minimum atomic E-state index is 0.590. The van der Waals surface area contributed by atoms with E-state index in [1.807, 2.05) is 31.2 Å². The molecule has 0 radical (unpaired) electrons. The second-order valence-corrected chi connectivity index (χ2v) is 5.26. The lowest BCUT2D eigenvalue weighted by Crippen LogP contribution is -2.04. The lowest BCUT2D eigenvalue weighted by molar-refractivity contribution is 0.340. The molecule has 2 heterocycles. The zero-order valence-corrected chi connectivity index (χ0v) is 13.0. The third-order valence-corrected chi connectivity index (χ3v) is 3.73. The molecule has 0 saturated carbocycles. The molecule has 4 nitrogen and oxygen atoms in total. The van der Waals surface area contributed by atoms with Gasteiger partial charge in [-0.1, -0.05) is 6.07 Å². The fourth-order valence-electron chi connectivity index (χ4n) is 2.78. The molecule has 3 aromatic rings. The second-order valence-electron chi connectivity index (χ2n) is 5.26. The molecule has 114 valence electrons. The van der Waals surface area contributed by atoms with Crippen LogP contribution in [0.1, 0.15) is 18.3 Å². The van der Waals surface area contributed by atoms with Crippen LogP contribution in [0.4, 0.5) is 0 Å². The first-order valence-electron chi connectivity index (χ1n) is 7.65. The molecule has 0 aliphatic heterocycles. The Morgan fingerprint density at radius 2 is 1.91 bits per heavy atom. The van der Waals surface area contributed by atoms with E-state index in [1.165, 1.54) is 0 Å². The van der Waals surface area contributed by atoms with Gasteiger partial charge in [-0.05, 0) is 56.8 Å². The van der Waals surface area contributed by atoms with Crippen molar-refractivity contribution in [3.05, 3.63) is 53.9 Å². The maximum absolute atomic E-state index is 5.76. The van der Waals surface area contributed by atoms with E-state index in [4.69, 9.17) is 15.5 Å². The minimum Gasteiger partial charge on any atom is -0.494 e. The molecule has 22 heavy (non-hydrogen) atoms. The summed E-state index contributed by atoms with van der Waals surface area (Å²) in [6.45, 7) is 5.35. The first kappa shape index (κ1) is 14.6. The van der Waals surface area contributed by atoms with Crippen molar-refractivity contribution in [3.63, 3.8) is 0 Å². The minimum absolute atomic E-state index is 0.590. The van der Waals surface area contributed by atoms with Gasteiger partial charge >= 0.3 is 0 Å². The molecule has 0 bridgehead atoms. The predicted molar refractivity (Wildman–Crippen MR) is 89.3 cm³/mol. The highest BCUT2D eigenvalue weighted by Crippen LogP contribution is 2.28. The second kappa shape index (κ2) is 6.20. The number of hydrogen-bond donors (Lipinski definition) is 1. The van der Waals surface area contributed by atoms with E-state index in [2.05, 4.69) is 29.5 Å². The number of aryl methyl sites for hydroxylation is 1. The van der Waals surface area contributed by atoms with Crippen molar-refractivity contribution < 1.29 is 4.74 Å². The molecule has 0 aliphatic carbocycles. The summed E-state index contributed by atoms with van der Waals surface area (Å²) in [6.07, 6.45) is 0.768. The van der Waals surface area contributed by atoms with Crippen LogP contribution in [-0.4, -0.2) is 22.5 Å². The van der Waals surface area contributed by atoms with Gasteiger partial charge < -0.3 is 10.5 Å². The van der Waals surface area contributed by atoms with Gasteiger partial charge in [0.15, 0.2) is 0 Å². The summed E-state index contributed by atoms with van der Waals surface area (Å²) >= 11 is 0. The summed E-state index contributed by atoms with van der Waals surface area (Å²) < 4.78 is 7.72. The Bertz CT molecular complexity index is 775. The van der Waals surface area contributed by atoms with Crippen LogP contribution in [0.5, 0.6) is 5.75 Å². The third-order valence-electron chi connectivity index (χ3n) is 3.73. The van der Waals surface area contributed by atoms with Crippen LogP contribution >= 0.6 is 0 Å². The number of rotatable bonds is 5. The summed E-state index contributed by atoms with van der Waals surface area (Å²) in [6, 6.07) is 14.3. The molecule has 4 heteroatoms. The lowest BCUT2D eigenvalue weighted by Gasteiger charge is -2.09. The molecular weight excluding hydrogens is 274 g/mol. The number of aromatic nitrogens is 2. The topological polar surface area (TPSA) is 52.5 Å². The number of pyridine rings is 1. The normalized spacial score (nSPS) is 11.0. The van der Waals surface area contributed by atoms with Crippen LogP contribution in [0.3, 0.4) is 0 Å². The van der Waals surface area contributed by atoms with Crippen molar-refractivity contribution in [2.24, 2.45) is 5.73 Å². The van der Waals surface area contributed by atoms with E-state index in [-0.39, 0.29) is 0 Å². The van der Waals surface area contributed by atoms with E-state index in [0.717, 1.165) is 40.5 Å². The number of benzene rings is 1. The van der Waals surface area contributed by atoms with Gasteiger partial charge in [0.25, 0.3) is 0 Å². The summed E-state index contributed by atoms with van der Waals surface area (Å²) in [5.41, 5.74) is 11.2. The zero-order chi connectivity index (χ0) is 15.5. The Morgan fingerprint density at radius 3 is 2.59 bits per heavy atom. The van der Waals surface area contributed by atoms with Gasteiger partial charge in [-0.15, -0.1) is 0 Å². The van der Waals surface area contributed by atoms with E-state index in [1.54, 1.807) is 0 Å². The quantitative estimate of drug-likeness (QED) is 0.786. The van der Waals surface area contributed by atoms with Gasteiger partial charge in [0.1, 0.15) is 11.4 Å². The summed E-state index contributed by atoms with van der Waals surface area (Å²) in [4.78, 5) is 4.75. The Morgan fingerprint density at radius 1 is 1.14 bits per heavy atom. The summed E-state index contributed by atoms with van der Waals surface area (Å²) in [7, 11) is 0. The number of nitrogens with zero attached hydrogens (tertiary/aromatic N) is 2. The largest absolute Gasteiger partial charge is 0.494 e. The van der Waals surface area contributed by atoms with E-state index < -0.39 is 0 Å². The van der Waals surface area contributed by atoms with E-state index >= 15 is 0 Å². The van der Waals surface area contributed by atoms with Crippen molar-refractivity contribution in [3.8, 4) is 17.0 Å². The molecular formula is C18H21N3O. The molecule has 0 aliphatic rings. The van der Waals surface area contributed by atoms with Gasteiger partial charge in [0.2, 0.25) is 0 Å². The first-order chi connectivity index (χ1) is 10.7. The molecule has 3 rings (SSSR count). The highest BCUT2D eigenvalue weighted by Gasteiger charge is 2.14. The Kier molecular flexibility index (Phi) is 4.11. The van der Waals surface area contributed by atoms with E-state index in [0.29, 0.717) is 13.2 Å². The predicted octanol–water partition coefficient (Wildman–Crippen LogP) is 3.21. The van der Waals surface area contributed by atoms with Crippen molar-refractivity contribution in [1.82, 2.24) is 9.38 Å². The molecule has 0 spiro atoms. The molecule has 0 atom stereocenters. The Balaban J connectivity index is 2.17. The molecule has 0 saturated heterocycles. The average molecular weight is 295 g/mol. The smallest absolute Gasteiger partial charge is 0.137 e. The Hall–Kier alpha value is -2.33. The van der Waals surface area contributed by atoms with Gasteiger partial charge in [0, 0.05) is 17.7 Å². The standard InChI is InChI=1S/C18H21N3O/c1-3-22-15-9-7-14(8-10-15)18-16(11-12-19)20-17-6-4-5-13(2)21(17)18/h4-10H,3,11-12,19H2,1-2H3. The Labute approximate surface area is 130 Å². The number of imidazole rings is 1. The van der Waals surface area contributed by atoms with Crippen molar-refractivity contribution in [2.75, 3.05) is 13.2 Å². The molecule has 0 fully saturated rings. The highest BCUT2D eigenvalue weighted by atomic mass is 16.5. The van der Waals surface area contributed by atoms with Gasteiger partial charge in [-0.25, -0.2) is 4.98 Å². The monoisotopic (exact) mass is 295 g/mol. The number of fused-ring (bicyclic) bond motifs is 1. The SMILES string of the molecule is CCOc1ccc(-c2c(CCN)nc3cccc(C)n23)cc1. The third kappa shape index (κ3) is 2.57. The molecule has 2 aromatic heterocycles. The van der Waals surface area contributed by atoms with Crippen molar-refractivity contribution in [2.45, 2.75) is 20.3 Å². The first-order valence-corrected chi connectivity index (χ1v) is 7.65. The molecule has 1 aromatic carbocycles. The maximum Gasteiger partial charge on any atom is 0.137 e. The van der Waals surface area contributed by atoms with E-state index in [9.17, 15) is 0 Å². The van der Waals surface area contributed by atoms with Crippen LogP contribution in [0.15, 0.2) is 42.5 Å². The fraction of sp³-hybridized carbons (Fsp3) is 0.278. The number of ether oxygens (including phenoxy) is 1. The molecule has 2 N–H and O–H groups in total. The van der Waals surface area contributed by atoms with Crippen LogP contribution < -0.4 is 10.5 Å². The fourth-order valence-corrected chi connectivity index (χ4v) is 2.78. The number of nitrogens with two attached hydrogens (primary N) is 1. The van der Waals surface area contributed by atoms with Crippen molar-refractivity contribution in [1.29, 1.82) is 0 Å². The lowest BCUT2D eigenvalue weighted by atomic mass is 10.1. The van der Waals surface area contributed by atoms with Gasteiger partial charge in [0.05, 0.1) is 18.0 Å². The van der Waals surface area contributed by atoms with Crippen LogP contribution in [-0.2, 0) is 6.42 Å². The van der Waals surface area contributed by atoms with Gasteiger partial charge in [-0.2, -0.15) is 0 Å². The van der Waals surface area contributed by atoms with Crippen LogP contribution in [0.2, 0.25) is 0 Å². The zero-order valence-electron chi connectivity index (χ0n) is 13.0. The summed E-state index contributed by atoms with van der Waals surface area (Å²) in [5.74, 6) is 0.886. The maximum atomic E-state index is 5.76. The molecule has 0 amide bonds.